The lowest BCUT2D eigenvalue weighted by Gasteiger charge is -2.37. The number of hydrogen-bond donors (Lipinski definition) is 0. The molecule has 0 aliphatic carbocycles. The van der Waals surface area contributed by atoms with Crippen molar-refractivity contribution in [3.05, 3.63) is 0 Å². The fourth-order valence-electron chi connectivity index (χ4n) is 3.92. The Bertz CT molecular complexity index is 355. The van der Waals surface area contributed by atoms with Gasteiger partial charge in [0.15, 0.2) is 0 Å². The van der Waals surface area contributed by atoms with Gasteiger partial charge in [0.05, 0.1) is 12.7 Å². The number of likely N-dealkylation sites (tertiary alicyclic amines) is 2. The van der Waals surface area contributed by atoms with E-state index in [0.717, 1.165) is 45.8 Å². The van der Waals surface area contributed by atoms with E-state index in [2.05, 4.69) is 23.9 Å². The van der Waals surface area contributed by atoms with E-state index >= 15 is 0 Å². The third kappa shape index (κ3) is 2.79. The summed E-state index contributed by atoms with van der Waals surface area (Å²) >= 11 is 0. The van der Waals surface area contributed by atoms with Gasteiger partial charge >= 0.3 is 6.03 Å². The number of amides is 2. The Morgan fingerprint density at radius 1 is 1.20 bits per heavy atom. The van der Waals surface area contributed by atoms with Gasteiger partial charge in [-0.05, 0) is 39.3 Å². The van der Waals surface area contributed by atoms with E-state index in [9.17, 15) is 4.79 Å². The van der Waals surface area contributed by atoms with Crippen LogP contribution in [0.5, 0.6) is 0 Å². The van der Waals surface area contributed by atoms with E-state index in [4.69, 9.17) is 4.74 Å². The molecule has 0 radical (unpaired) electrons. The average molecular weight is 281 g/mol. The summed E-state index contributed by atoms with van der Waals surface area (Å²) in [7, 11) is 4.20. The van der Waals surface area contributed by atoms with Crippen LogP contribution in [0, 0.1) is 11.8 Å². The molecule has 3 aliphatic rings. The Kier molecular flexibility index (Phi) is 4.17. The quantitative estimate of drug-likeness (QED) is 0.760. The Balaban J connectivity index is 1.56. The molecule has 3 atom stereocenters. The number of nitrogens with zero attached hydrogens (tertiary/aromatic N) is 3. The van der Waals surface area contributed by atoms with Crippen LogP contribution < -0.4 is 0 Å². The fraction of sp³-hybridized carbons (Fsp3) is 0.933. The lowest BCUT2D eigenvalue weighted by molar-refractivity contribution is 0.0634. The van der Waals surface area contributed by atoms with E-state index < -0.39 is 0 Å². The van der Waals surface area contributed by atoms with Crippen LogP contribution in [0.3, 0.4) is 0 Å². The Morgan fingerprint density at radius 3 is 2.65 bits per heavy atom. The predicted octanol–water partition coefficient (Wildman–Crippen LogP) is 1.10. The monoisotopic (exact) mass is 281 g/mol. The molecule has 114 valence electrons. The molecule has 5 heteroatoms. The highest BCUT2D eigenvalue weighted by Gasteiger charge is 2.42. The van der Waals surface area contributed by atoms with Gasteiger partial charge in [-0.15, -0.1) is 0 Å². The summed E-state index contributed by atoms with van der Waals surface area (Å²) in [6.45, 7) is 5.52. The van der Waals surface area contributed by atoms with Crippen molar-refractivity contribution < 1.29 is 9.53 Å². The second kappa shape index (κ2) is 5.90. The van der Waals surface area contributed by atoms with Crippen LogP contribution >= 0.6 is 0 Å². The molecule has 3 heterocycles. The third-order valence-electron chi connectivity index (χ3n) is 4.99. The number of hydrogen-bond acceptors (Lipinski definition) is 3. The van der Waals surface area contributed by atoms with Gasteiger partial charge in [0, 0.05) is 38.6 Å². The molecule has 20 heavy (non-hydrogen) atoms. The van der Waals surface area contributed by atoms with E-state index in [1.165, 1.54) is 12.8 Å². The minimum atomic E-state index is 0.261. The van der Waals surface area contributed by atoms with Crippen LogP contribution in [0.1, 0.15) is 19.3 Å². The van der Waals surface area contributed by atoms with Crippen LogP contribution in [0.25, 0.3) is 0 Å². The molecule has 0 aromatic heterocycles. The largest absolute Gasteiger partial charge is 0.376 e. The van der Waals surface area contributed by atoms with E-state index in [0.29, 0.717) is 17.9 Å². The maximum atomic E-state index is 12.5. The van der Waals surface area contributed by atoms with Crippen molar-refractivity contribution in [2.75, 3.05) is 53.4 Å². The molecular formula is C15H27N3O2. The van der Waals surface area contributed by atoms with Crippen molar-refractivity contribution in [3.8, 4) is 0 Å². The van der Waals surface area contributed by atoms with E-state index in [1.54, 1.807) is 0 Å². The molecule has 3 rings (SSSR count). The van der Waals surface area contributed by atoms with Gasteiger partial charge in [-0.1, -0.05) is 0 Å². The van der Waals surface area contributed by atoms with Crippen molar-refractivity contribution >= 4 is 6.03 Å². The zero-order valence-electron chi connectivity index (χ0n) is 12.8. The number of ether oxygens (including phenoxy) is 1. The number of urea groups is 1. The van der Waals surface area contributed by atoms with Crippen molar-refractivity contribution in [1.82, 2.24) is 14.7 Å². The number of rotatable bonds is 2. The number of piperidine rings is 1. The summed E-state index contributed by atoms with van der Waals surface area (Å²) in [5.41, 5.74) is 0. The summed E-state index contributed by atoms with van der Waals surface area (Å²) in [6.07, 6.45) is 3.79. The standard InChI is InChI=1S/C15H27N3O2/c1-16(2)10-14-13-5-8-18(9-12(13)11-20-14)15(19)17-6-3-4-7-17/h12-14H,3-11H2,1-2H3/t12-,13-,14-/m0/s1. The number of carbonyl (C=O) groups excluding carboxylic acids is 1. The number of likely N-dealkylation sites (N-methyl/N-ethyl adjacent to an activating group) is 1. The summed E-state index contributed by atoms with van der Waals surface area (Å²) in [5, 5.41) is 0. The first kappa shape index (κ1) is 14.1. The van der Waals surface area contributed by atoms with Crippen molar-refractivity contribution in [2.45, 2.75) is 25.4 Å². The molecule has 3 fully saturated rings. The third-order valence-corrected chi connectivity index (χ3v) is 4.99. The molecule has 3 aliphatic heterocycles. The van der Waals surface area contributed by atoms with Gasteiger partial charge in [0.1, 0.15) is 0 Å². The second-order valence-corrected chi connectivity index (χ2v) is 6.77. The summed E-state index contributed by atoms with van der Waals surface area (Å²) in [6, 6.07) is 0.261. The lowest BCUT2D eigenvalue weighted by atomic mass is 9.84. The fourth-order valence-corrected chi connectivity index (χ4v) is 3.92. The number of fused-ring (bicyclic) bond motifs is 1. The molecule has 0 spiro atoms. The maximum absolute atomic E-state index is 12.5. The van der Waals surface area contributed by atoms with Gasteiger partial charge in [0.2, 0.25) is 0 Å². The maximum Gasteiger partial charge on any atom is 0.320 e. The molecule has 5 nitrogen and oxygen atoms in total. The molecule has 0 saturated carbocycles. The summed E-state index contributed by atoms with van der Waals surface area (Å²) in [4.78, 5) is 18.7. The zero-order valence-corrected chi connectivity index (χ0v) is 12.8. The first-order valence-electron chi connectivity index (χ1n) is 7.95. The van der Waals surface area contributed by atoms with E-state index in [1.807, 2.05) is 4.90 Å². The SMILES string of the molecule is CN(C)C[C@@H]1OC[C@@H]2CN(C(=O)N3CCCC3)CC[C@@H]21. The van der Waals surface area contributed by atoms with Crippen LogP contribution in [0.2, 0.25) is 0 Å². The first-order valence-corrected chi connectivity index (χ1v) is 7.95. The molecule has 0 aromatic carbocycles. The Hall–Kier alpha value is -0.810. The lowest BCUT2D eigenvalue weighted by Crippen LogP contribution is -2.49. The van der Waals surface area contributed by atoms with Gasteiger partial charge < -0.3 is 19.4 Å². The Labute approximate surface area is 121 Å². The van der Waals surface area contributed by atoms with Gasteiger partial charge in [-0.3, -0.25) is 0 Å². The first-order chi connectivity index (χ1) is 9.65. The van der Waals surface area contributed by atoms with E-state index in [-0.39, 0.29) is 6.03 Å². The smallest absolute Gasteiger partial charge is 0.320 e. The normalized spacial score (nSPS) is 33.9. The van der Waals surface area contributed by atoms with Gasteiger partial charge in [0.25, 0.3) is 0 Å². The molecule has 0 aromatic rings. The minimum Gasteiger partial charge on any atom is -0.376 e. The van der Waals surface area contributed by atoms with Crippen LogP contribution in [-0.4, -0.2) is 80.3 Å². The van der Waals surface area contributed by atoms with Gasteiger partial charge in [-0.2, -0.15) is 0 Å². The second-order valence-electron chi connectivity index (χ2n) is 6.77. The molecule has 2 amide bonds. The van der Waals surface area contributed by atoms with Gasteiger partial charge in [-0.25, -0.2) is 4.79 Å². The van der Waals surface area contributed by atoms with Crippen molar-refractivity contribution in [1.29, 1.82) is 0 Å². The van der Waals surface area contributed by atoms with Crippen molar-refractivity contribution in [3.63, 3.8) is 0 Å². The summed E-state index contributed by atoms with van der Waals surface area (Å²) in [5.74, 6) is 1.18. The van der Waals surface area contributed by atoms with Crippen LogP contribution in [0.4, 0.5) is 4.79 Å². The van der Waals surface area contributed by atoms with Crippen LogP contribution in [-0.2, 0) is 4.74 Å². The minimum absolute atomic E-state index is 0.261. The highest BCUT2D eigenvalue weighted by atomic mass is 16.5. The zero-order chi connectivity index (χ0) is 14.1. The number of carbonyl (C=O) groups is 1. The molecule has 3 saturated heterocycles. The molecule has 0 unspecified atom stereocenters. The highest BCUT2D eigenvalue weighted by molar-refractivity contribution is 5.74. The molecule has 0 bridgehead atoms. The molecular weight excluding hydrogens is 254 g/mol. The molecule has 0 N–H and O–H groups in total. The predicted molar refractivity (Wildman–Crippen MR) is 77.7 cm³/mol. The van der Waals surface area contributed by atoms with Crippen LogP contribution in [0.15, 0.2) is 0 Å². The topological polar surface area (TPSA) is 36.0 Å². The summed E-state index contributed by atoms with van der Waals surface area (Å²) < 4.78 is 5.97. The Morgan fingerprint density at radius 2 is 1.95 bits per heavy atom. The average Bonchev–Trinajstić information content (AvgIpc) is 3.07. The van der Waals surface area contributed by atoms with Crippen molar-refractivity contribution in [2.24, 2.45) is 11.8 Å². The highest BCUT2D eigenvalue weighted by Crippen LogP contribution is 2.35.